The first-order valence-corrected chi connectivity index (χ1v) is 10.9. The molecule has 0 saturated carbocycles. The van der Waals surface area contributed by atoms with E-state index in [-0.39, 0.29) is 5.04 Å². The zero-order chi connectivity index (χ0) is 15.8. The van der Waals surface area contributed by atoms with Gasteiger partial charge >= 0.3 is 6.86 Å². The van der Waals surface area contributed by atoms with E-state index in [1.807, 2.05) is 24.3 Å². The van der Waals surface area contributed by atoms with Crippen LogP contribution in [0.4, 0.5) is 5.69 Å². The minimum atomic E-state index is -2.79. The van der Waals surface area contributed by atoms with Crippen molar-refractivity contribution in [2.45, 2.75) is 32.7 Å². The van der Waals surface area contributed by atoms with Gasteiger partial charge < -0.3 is 9.72 Å². The number of benzene rings is 1. The second kappa shape index (κ2) is 5.71. The summed E-state index contributed by atoms with van der Waals surface area (Å²) < 4.78 is 5.16. The minimum absolute atomic E-state index is 0.315. The summed E-state index contributed by atoms with van der Waals surface area (Å²) in [5.41, 5.74) is 4.70. The van der Waals surface area contributed by atoms with Crippen molar-refractivity contribution in [3.8, 4) is 5.75 Å². The van der Waals surface area contributed by atoms with Crippen LogP contribution in [-0.4, -0.2) is 14.0 Å². The Morgan fingerprint density at radius 2 is 1.67 bits per heavy atom. The van der Waals surface area contributed by atoms with Crippen molar-refractivity contribution < 1.29 is 4.74 Å². The van der Waals surface area contributed by atoms with Crippen LogP contribution >= 0.6 is 22.2 Å². The number of methoxy groups -OCH3 is 1. The lowest BCUT2D eigenvalue weighted by atomic mass is 10.0. The van der Waals surface area contributed by atoms with Crippen molar-refractivity contribution in [3.05, 3.63) is 47.1 Å². The summed E-state index contributed by atoms with van der Waals surface area (Å²) in [7, 11) is 1.65. The first-order chi connectivity index (χ1) is 9.71. The minimum Gasteiger partial charge on any atom is -0.497 e. The monoisotopic (exact) mass is 341 g/mol. The van der Waals surface area contributed by atoms with Crippen LogP contribution in [0.1, 0.15) is 27.7 Å². The average Bonchev–Trinajstić information content (AvgIpc) is 2.64. The van der Waals surface area contributed by atoms with E-state index in [1.54, 1.807) is 7.11 Å². The lowest BCUT2D eigenvalue weighted by Crippen LogP contribution is -2.43. The van der Waals surface area contributed by atoms with Crippen LogP contribution in [0.15, 0.2) is 47.1 Å². The van der Waals surface area contributed by atoms with Gasteiger partial charge in [-0.2, -0.15) is 0 Å². The number of hydrogen-bond acceptors (Lipinski definition) is 2. The molecular formula is C16H21Cl2NOSi. The van der Waals surface area contributed by atoms with E-state index in [0.29, 0.717) is 0 Å². The van der Waals surface area contributed by atoms with Gasteiger partial charge in [-0.15, -0.1) is 22.2 Å². The number of ether oxygens (including phenoxy) is 1. The van der Waals surface area contributed by atoms with E-state index >= 15 is 0 Å². The predicted molar refractivity (Wildman–Crippen MR) is 94.6 cm³/mol. The average molecular weight is 342 g/mol. The van der Waals surface area contributed by atoms with E-state index in [2.05, 4.69) is 38.8 Å². The zero-order valence-electron chi connectivity index (χ0n) is 13.1. The molecule has 1 N–H and O–H groups in total. The second-order valence-electron chi connectivity index (χ2n) is 5.71. The predicted octanol–water partition coefficient (Wildman–Crippen LogP) is 5.58. The summed E-state index contributed by atoms with van der Waals surface area (Å²) in [6.07, 6.45) is 2.19. The van der Waals surface area contributed by atoms with Gasteiger partial charge in [-0.05, 0) is 50.6 Å². The maximum absolute atomic E-state index is 6.80. The fraction of sp³-hybridized carbons (Fsp3) is 0.375. The largest absolute Gasteiger partial charge is 0.497 e. The lowest BCUT2D eigenvalue weighted by Gasteiger charge is -2.36. The number of rotatable bonds is 4. The van der Waals surface area contributed by atoms with Crippen molar-refractivity contribution in [2.24, 2.45) is 0 Å². The number of nitrogens with one attached hydrogen (secondary N) is 1. The normalized spacial score (nSPS) is 22.3. The smallest absolute Gasteiger partial charge is 0.364 e. The summed E-state index contributed by atoms with van der Waals surface area (Å²) in [5.74, 6) is 0.812. The summed E-state index contributed by atoms with van der Waals surface area (Å²) in [4.78, 5) is 3.36. The number of hydrogen-bond donors (Lipinski definition) is 1. The van der Waals surface area contributed by atoms with Gasteiger partial charge in [0.05, 0.1) is 7.11 Å². The maximum atomic E-state index is 6.80. The Labute approximate surface area is 137 Å². The fourth-order valence-electron chi connectivity index (χ4n) is 2.65. The third-order valence-corrected chi connectivity index (χ3v) is 9.83. The number of halogens is 2. The number of allylic oxidation sites excluding steroid dienone is 4. The molecule has 0 bridgehead atoms. The molecule has 1 unspecified atom stereocenters. The van der Waals surface area contributed by atoms with Crippen LogP contribution in [0.5, 0.6) is 5.75 Å². The Morgan fingerprint density at radius 3 is 2.10 bits per heavy atom. The third-order valence-electron chi connectivity index (χ3n) is 4.48. The van der Waals surface area contributed by atoms with Crippen molar-refractivity contribution in [1.82, 2.24) is 0 Å². The molecule has 5 heteroatoms. The van der Waals surface area contributed by atoms with E-state index in [9.17, 15) is 0 Å². The molecule has 0 aromatic heterocycles. The molecule has 0 saturated heterocycles. The van der Waals surface area contributed by atoms with Crippen molar-refractivity contribution >= 4 is 34.7 Å². The van der Waals surface area contributed by atoms with Gasteiger partial charge in [0.2, 0.25) is 0 Å². The third kappa shape index (κ3) is 2.87. The van der Waals surface area contributed by atoms with Gasteiger partial charge in [-0.1, -0.05) is 24.1 Å². The molecule has 21 heavy (non-hydrogen) atoms. The van der Waals surface area contributed by atoms with Crippen LogP contribution in [0, 0.1) is 0 Å². The highest BCUT2D eigenvalue weighted by Gasteiger charge is 2.52. The molecule has 1 aromatic rings. The van der Waals surface area contributed by atoms with Gasteiger partial charge in [0.25, 0.3) is 0 Å². The first kappa shape index (κ1) is 16.5. The highest BCUT2D eigenvalue weighted by Crippen LogP contribution is 2.56. The van der Waals surface area contributed by atoms with Crippen LogP contribution in [0.2, 0.25) is 5.04 Å². The Kier molecular flexibility index (Phi) is 4.48. The molecule has 1 aromatic carbocycles. The second-order valence-corrected chi connectivity index (χ2v) is 12.1. The zero-order valence-corrected chi connectivity index (χ0v) is 15.6. The Hall–Kier alpha value is -0.903. The molecule has 1 aliphatic carbocycles. The Bertz CT molecular complexity index is 607. The standard InChI is InChI=1S/C16H21Cl2NOSi/c1-11-10-16(4,13(3)12(11)2)21(17,18)19-14-6-8-15(20-5)9-7-14/h6-10,19H,1-5H3. The van der Waals surface area contributed by atoms with E-state index in [1.165, 1.54) is 16.7 Å². The van der Waals surface area contributed by atoms with Crippen LogP contribution in [0.3, 0.4) is 0 Å². The molecule has 0 spiro atoms. The summed E-state index contributed by atoms with van der Waals surface area (Å²) in [6, 6.07) is 7.66. The molecule has 0 fully saturated rings. The molecule has 0 radical (unpaired) electrons. The van der Waals surface area contributed by atoms with Crippen molar-refractivity contribution in [3.63, 3.8) is 0 Å². The summed E-state index contributed by atoms with van der Waals surface area (Å²) in [5, 5.41) is -0.315. The Morgan fingerprint density at radius 1 is 1.10 bits per heavy atom. The Balaban J connectivity index is 2.30. The van der Waals surface area contributed by atoms with Gasteiger partial charge in [0.1, 0.15) is 5.75 Å². The van der Waals surface area contributed by atoms with Crippen molar-refractivity contribution in [1.29, 1.82) is 0 Å². The lowest BCUT2D eigenvalue weighted by molar-refractivity contribution is 0.415. The summed E-state index contributed by atoms with van der Waals surface area (Å²) >= 11 is 13.6. The molecule has 2 nitrogen and oxygen atoms in total. The SMILES string of the molecule is COc1ccc(N[Si](Cl)(Cl)C2(C)C=C(C)C(C)=C2C)cc1. The van der Waals surface area contributed by atoms with Gasteiger partial charge in [0.15, 0.2) is 0 Å². The first-order valence-electron chi connectivity index (χ1n) is 6.89. The highest BCUT2D eigenvalue weighted by molar-refractivity contribution is 7.48. The van der Waals surface area contributed by atoms with E-state index < -0.39 is 6.86 Å². The highest BCUT2D eigenvalue weighted by atomic mass is 35.7. The topological polar surface area (TPSA) is 21.3 Å². The van der Waals surface area contributed by atoms with Crippen LogP contribution < -0.4 is 9.72 Å². The molecular weight excluding hydrogens is 321 g/mol. The molecule has 2 rings (SSSR count). The molecule has 0 amide bonds. The molecule has 1 atom stereocenters. The fourth-order valence-corrected chi connectivity index (χ4v) is 6.32. The molecule has 114 valence electrons. The van der Waals surface area contributed by atoms with Crippen LogP contribution in [-0.2, 0) is 0 Å². The quantitative estimate of drug-likeness (QED) is 0.570. The van der Waals surface area contributed by atoms with Gasteiger partial charge in [-0.3, -0.25) is 0 Å². The van der Waals surface area contributed by atoms with Crippen molar-refractivity contribution in [2.75, 3.05) is 12.1 Å². The maximum Gasteiger partial charge on any atom is 0.364 e. The van der Waals surface area contributed by atoms with E-state index in [0.717, 1.165) is 11.4 Å². The van der Waals surface area contributed by atoms with Crippen LogP contribution in [0.25, 0.3) is 0 Å². The van der Waals surface area contributed by atoms with Gasteiger partial charge in [-0.25, -0.2) is 0 Å². The molecule has 0 aliphatic heterocycles. The summed E-state index contributed by atoms with van der Waals surface area (Å²) in [6.45, 7) is 5.67. The molecule has 1 aliphatic rings. The number of anilines is 1. The van der Waals surface area contributed by atoms with Gasteiger partial charge in [0, 0.05) is 10.7 Å². The van der Waals surface area contributed by atoms with E-state index in [4.69, 9.17) is 26.9 Å². The molecule has 0 heterocycles.